The van der Waals surface area contributed by atoms with Crippen LogP contribution >= 0.6 is 23.4 Å². The molecule has 3 N–H and O–H groups in total. The van der Waals surface area contributed by atoms with Gasteiger partial charge in [0.1, 0.15) is 5.76 Å². The van der Waals surface area contributed by atoms with Crippen molar-refractivity contribution in [2.24, 2.45) is 0 Å². The maximum Gasteiger partial charge on any atom is 0.416 e. The maximum absolute atomic E-state index is 13.5. The summed E-state index contributed by atoms with van der Waals surface area (Å²) in [4.78, 5) is 26.0. The molecule has 0 saturated carbocycles. The molecular formula is C28H19ClF6N4O3S. The van der Waals surface area contributed by atoms with E-state index in [1.165, 1.54) is 31.4 Å². The Kier molecular flexibility index (Phi) is 9.17. The molecule has 3 aromatic rings. The molecule has 15 heteroatoms. The van der Waals surface area contributed by atoms with Crippen molar-refractivity contribution in [3.63, 3.8) is 0 Å². The number of benzene rings is 2. The fraction of sp³-hybridized carbons (Fsp3) is 0.179. The number of halogens is 7. The van der Waals surface area contributed by atoms with Gasteiger partial charge in [-0.15, -0.1) is 0 Å². The number of hydrogen-bond acceptors (Lipinski definition) is 6. The van der Waals surface area contributed by atoms with Crippen LogP contribution in [0.2, 0.25) is 5.02 Å². The zero-order chi connectivity index (χ0) is 31.5. The van der Waals surface area contributed by atoms with E-state index in [0.29, 0.717) is 6.07 Å². The Morgan fingerprint density at radius 2 is 1.72 bits per heavy atom. The van der Waals surface area contributed by atoms with Gasteiger partial charge in [0.2, 0.25) is 5.91 Å². The van der Waals surface area contributed by atoms with Crippen LogP contribution in [0.4, 0.5) is 37.7 Å². The number of hydrogen-bond donors (Lipinski definition) is 3. The van der Waals surface area contributed by atoms with Gasteiger partial charge in [-0.25, -0.2) is 0 Å². The number of anilines is 2. The average Bonchev–Trinajstić information content (AvgIpc) is 3.46. The van der Waals surface area contributed by atoms with Gasteiger partial charge < -0.3 is 20.4 Å². The first-order valence-electron chi connectivity index (χ1n) is 12.1. The number of amides is 2. The van der Waals surface area contributed by atoms with Crippen molar-refractivity contribution in [2.75, 3.05) is 16.4 Å². The molecule has 0 spiro atoms. The Hall–Kier alpha value is -4.35. The second-order valence-corrected chi connectivity index (χ2v) is 10.4. The van der Waals surface area contributed by atoms with Gasteiger partial charge in [0, 0.05) is 11.4 Å². The number of nitriles is 1. The summed E-state index contributed by atoms with van der Waals surface area (Å²) in [5.74, 6) is -2.84. The number of nitrogens with zero attached hydrogens (tertiary/aromatic N) is 1. The summed E-state index contributed by atoms with van der Waals surface area (Å²) in [6.45, 7) is 1.48. The summed E-state index contributed by atoms with van der Waals surface area (Å²) in [5.41, 5.74) is -2.28. The van der Waals surface area contributed by atoms with Gasteiger partial charge in [-0.3, -0.25) is 9.59 Å². The third-order valence-electron chi connectivity index (χ3n) is 6.08. The molecule has 0 radical (unpaired) electrons. The van der Waals surface area contributed by atoms with Crippen LogP contribution in [0.1, 0.15) is 29.7 Å². The standard InChI is InChI=1S/C28H19ClF6N4O3S/c1-14-23(25(41)39-20-11-16(28(33,34)35)7-8-19(20)29)24(21-6-3-9-42-21)18(12-36)26(37-14)43-13-22(40)38-17-5-2-4-15(10-17)27(30,31)32/h2-11,24,37H,13H2,1H3,(H,38,40)(H,39,41). The van der Waals surface area contributed by atoms with Crippen LogP contribution in [0.3, 0.4) is 0 Å². The average molecular weight is 641 g/mol. The number of carbonyl (C=O) groups excluding carboxylic acids is 2. The molecule has 224 valence electrons. The maximum atomic E-state index is 13.5. The fourth-order valence-electron chi connectivity index (χ4n) is 4.16. The molecule has 1 aliphatic heterocycles. The minimum Gasteiger partial charge on any atom is -0.468 e. The van der Waals surface area contributed by atoms with E-state index in [1.807, 2.05) is 6.07 Å². The molecule has 0 saturated heterocycles. The summed E-state index contributed by atoms with van der Waals surface area (Å²) in [7, 11) is 0. The molecule has 1 unspecified atom stereocenters. The van der Waals surface area contributed by atoms with E-state index < -0.39 is 41.2 Å². The van der Waals surface area contributed by atoms with E-state index in [9.17, 15) is 41.2 Å². The molecule has 0 fully saturated rings. The summed E-state index contributed by atoms with van der Waals surface area (Å²) in [5, 5.41) is 17.7. The van der Waals surface area contributed by atoms with Crippen molar-refractivity contribution in [1.29, 1.82) is 5.26 Å². The van der Waals surface area contributed by atoms with Crippen molar-refractivity contribution in [3.05, 3.63) is 105 Å². The van der Waals surface area contributed by atoms with Crippen LogP contribution < -0.4 is 16.0 Å². The van der Waals surface area contributed by atoms with E-state index in [2.05, 4.69) is 16.0 Å². The topological polar surface area (TPSA) is 107 Å². The zero-order valence-electron chi connectivity index (χ0n) is 21.8. The van der Waals surface area contributed by atoms with Crippen molar-refractivity contribution < 1.29 is 40.3 Å². The number of thioether (sulfide) groups is 1. The molecule has 2 amide bonds. The molecule has 2 heterocycles. The first-order valence-corrected chi connectivity index (χ1v) is 13.5. The van der Waals surface area contributed by atoms with E-state index in [0.717, 1.165) is 42.1 Å². The minimum absolute atomic E-state index is 0.0438. The predicted molar refractivity (Wildman–Crippen MR) is 148 cm³/mol. The number of furan rings is 1. The van der Waals surface area contributed by atoms with Gasteiger partial charge in [-0.05, 0) is 55.5 Å². The smallest absolute Gasteiger partial charge is 0.416 e. The number of nitrogens with one attached hydrogen (secondary N) is 3. The Morgan fingerprint density at radius 3 is 2.35 bits per heavy atom. The molecule has 0 aliphatic carbocycles. The van der Waals surface area contributed by atoms with Crippen molar-refractivity contribution in [2.45, 2.75) is 25.2 Å². The highest BCUT2D eigenvalue weighted by molar-refractivity contribution is 8.03. The monoisotopic (exact) mass is 640 g/mol. The van der Waals surface area contributed by atoms with Gasteiger partial charge in [0.05, 0.1) is 62.0 Å². The van der Waals surface area contributed by atoms with Gasteiger partial charge in [-0.1, -0.05) is 29.4 Å². The summed E-state index contributed by atoms with van der Waals surface area (Å²) in [6, 6.07) is 11.5. The Labute approximate surface area is 249 Å². The van der Waals surface area contributed by atoms with Gasteiger partial charge in [0.25, 0.3) is 5.91 Å². The second kappa shape index (κ2) is 12.5. The van der Waals surface area contributed by atoms with Crippen molar-refractivity contribution in [1.82, 2.24) is 5.32 Å². The first kappa shape index (κ1) is 31.6. The number of allylic oxidation sites excluding steroid dienone is 2. The molecule has 1 aromatic heterocycles. The molecule has 1 aliphatic rings. The highest BCUT2D eigenvalue weighted by Crippen LogP contribution is 2.42. The quantitative estimate of drug-likeness (QED) is 0.229. The summed E-state index contributed by atoms with van der Waals surface area (Å²) < 4.78 is 84.3. The van der Waals surface area contributed by atoms with Crippen LogP contribution in [-0.4, -0.2) is 17.6 Å². The molecule has 4 rings (SSSR count). The van der Waals surface area contributed by atoms with Crippen molar-refractivity contribution >= 4 is 46.6 Å². The van der Waals surface area contributed by atoms with E-state index >= 15 is 0 Å². The third kappa shape index (κ3) is 7.36. The third-order valence-corrected chi connectivity index (χ3v) is 7.43. The van der Waals surface area contributed by atoms with Gasteiger partial charge in [0.15, 0.2) is 0 Å². The molecule has 0 bridgehead atoms. The lowest BCUT2D eigenvalue weighted by Gasteiger charge is -2.28. The lowest BCUT2D eigenvalue weighted by atomic mass is 9.85. The lowest BCUT2D eigenvalue weighted by molar-refractivity contribution is -0.138. The Bertz CT molecular complexity index is 1660. The van der Waals surface area contributed by atoms with Crippen molar-refractivity contribution in [3.8, 4) is 6.07 Å². The lowest BCUT2D eigenvalue weighted by Crippen LogP contribution is -2.31. The van der Waals surface area contributed by atoms with E-state index in [4.69, 9.17) is 16.0 Å². The van der Waals surface area contributed by atoms with Crippen LogP contribution in [0.25, 0.3) is 0 Å². The number of rotatable bonds is 7. The second-order valence-electron chi connectivity index (χ2n) is 9.03. The molecular weight excluding hydrogens is 622 g/mol. The minimum atomic E-state index is -4.70. The van der Waals surface area contributed by atoms with Crippen LogP contribution in [0.15, 0.2) is 87.1 Å². The Balaban J connectivity index is 1.59. The van der Waals surface area contributed by atoms with Crippen LogP contribution in [0.5, 0.6) is 0 Å². The van der Waals surface area contributed by atoms with Gasteiger partial charge >= 0.3 is 12.4 Å². The normalized spacial score (nSPS) is 15.6. The zero-order valence-corrected chi connectivity index (χ0v) is 23.4. The number of carbonyl (C=O) groups is 2. The molecule has 43 heavy (non-hydrogen) atoms. The highest BCUT2D eigenvalue weighted by atomic mass is 35.5. The van der Waals surface area contributed by atoms with E-state index in [-0.39, 0.29) is 49.8 Å². The highest BCUT2D eigenvalue weighted by Gasteiger charge is 2.37. The largest absolute Gasteiger partial charge is 0.468 e. The molecule has 2 aromatic carbocycles. The van der Waals surface area contributed by atoms with E-state index in [1.54, 1.807) is 0 Å². The number of dihydropyridines is 1. The van der Waals surface area contributed by atoms with Crippen LogP contribution in [0, 0.1) is 11.3 Å². The molecule has 7 nitrogen and oxygen atoms in total. The number of alkyl halides is 6. The SMILES string of the molecule is CC1=C(C(=O)Nc2cc(C(F)(F)F)ccc2Cl)C(c2ccco2)C(C#N)=C(SCC(=O)Nc2cccc(C(F)(F)F)c2)N1. The fourth-order valence-corrected chi connectivity index (χ4v) is 5.22. The summed E-state index contributed by atoms with van der Waals surface area (Å²) >= 11 is 6.90. The molecule has 1 atom stereocenters. The summed E-state index contributed by atoms with van der Waals surface area (Å²) in [6.07, 6.45) is -8.00. The first-order chi connectivity index (χ1) is 20.2. The predicted octanol–water partition coefficient (Wildman–Crippen LogP) is 7.68. The van der Waals surface area contributed by atoms with Gasteiger partial charge in [-0.2, -0.15) is 31.6 Å². The van der Waals surface area contributed by atoms with Crippen LogP contribution in [-0.2, 0) is 21.9 Å². The Morgan fingerprint density at radius 1 is 1.02 bits per heavy atom.